The third-order valence-electron chi connectivity index (χ3n) is 2.58. The lowest BCUT2D eigenvalue weighted by Gasteiger charge is -2.05. The quantitative estimate of drug-likeness (QED) is 0.862. The minimum absolute atomic E-state index is 0.0904. The van der Waals surface area contributed by atoms with Crippen molar-refractivity contribution in [2.45, 2.75) is 26.7 Å². The molecule has 0 spiro atoms. The third-order valence-corrected chi connectivity index (χ3v) is 3.69. The van der Waals surface area contributed by atoms with Gasteiger partial charge < -0.3 is 4.98 Å². The lowest BCUT2D eigenvalue weighted by molar-refractivity contribution is 0.858. The van der Waals surface area contributed by atoms with E-state index in [1.807, 2.05) is 41.6 Å². The van der Waals surface area contributed by atoms with E-state index < -0.39 is 0 Å². The SMILES string of the molecule is CCCc1nc(-c2cc(C)ccn2)[nH]c(=O)c1I. The number of nitrogens with one attached hydrogen (secondary N) is 1. The summed E-state index contributed by atoms with van der Waals surface area (Å²) in [6.07, 6.45) is 3.50. The van der Waals surface area contributed by atoms with E-state index in [0.717, 1.165) is 24.1 Å². The van der Waals surface area contributed by atoms with Crippen molar-refractivity contribution in [2.75, 3.05) is 0 Å². The Bertz CT molecular complexity index is 622. The Kier molecular flexibility index (Phi) is 4.11. The van der Waals surface area contributed by atoms with Crippen molar-refractivity contribution in [1.29, 1.82) is 0 Å². The molecule has 0 saturated carbocycles. The van der Waals surface area contributed by atoms with E-state index in [1.165, 1.54) is 0 Å². The smallest absolute Gasteiger partial charge is 0.264 e. The van der Waals surface area contributed by atoms with Crippen LogP contribution in [0.3, 0.4) is 0 Å². The zero-order chi connectivity index (χ0) is 13.1. The Morgan fingerprint density at radius 2 is 2.22 bits per heavy atom. The van der Waals surface area contributed by atoms with Crippen LogP contribution in [0.2, 0.25) is 0 Å². The predicted octanol–water partition coefficient (Wildman–Crippen LogP) is 2.70. The van der Waals surface area contributed by atoms with Gasteiger partial charge in [0, 0.05) is 6.20 Å². The Balaban J connectivity index is 2.55. The summed E-state index contributed by atoms with van der Waals surface area (Å²) in [4.78, 5) is 23.4. The minimum atomic E-state index is -0.0904. The number of hydrogen-bond acceptors (Lipinski definition) is 3. The van der Waals surface area contributed by atoms with Crippen LogP contribution in [-0.4, -0.2) is 15.0 Å². The number of aryl methyl sites for hydroxylation is 2. The molecule has 0 radical (unpaired) electrons. The molecular formula is C13H14IN3O. The van der Waals surface area contributed by atoms with E-state index in [9.17, 15) is 4.79 Å². The Labute approximate surface area is 119 Å². The average Bonchev–Trinajstić information content (AvgIpc) is 2.35. The maximum absolute atomic E-state index is 11.9. The van der Waals surface area contributed by atoms with Crippen molar-refractivity contribution in [3.63, 3.8) is 0 Å². The van der Waals surface area contributed by atoms with Crippen molar-refractivity contribution in [3.05, 3.63) is 43.5 Å². The van der Waals surface area contributed by atoms with E-state index in [0.29, 0.717) is 15.1 Å². The largest absolute Gasteiger partial charge is 0.304 e. The van der Waals surface area contributed by atoms with Gasteiger partial charge in [0.1, 0.15) is 5.69 Å². The van der Waals surface area contributed by atoms with Gasteiger partial charge in [-0.25, -0.2) is 4.98 Å². The first-order chi connectivity index (χ1) is 8.61. The fraction of sp³-hybridized carbons (Fsp3) is 0.308. The maximum atomic E-state index is 11.9. The number of rotatable bonds is 3. The van der Waals surface area contributed by atoms with Crippen LogP contribution in [0.15, 0.2) is 23.1 Å². The van der Waals surface area contributed by atoms with Gasteiger partial charge >= 0.3 is 0 Å². The molecule has 2 rings (SSSR count). The zero-order valence-corrected chi connectivity index (χ0v) is 12.5. The first kappa shape index (κ1) is 13.2. The fourth-order valence-corrected chi connectivity index (χ4v) is 2.22. The van der Waals surface area contributed by atoms with E-state index in [4.69, 9.17) is 0 Å². The van der Waals surface area contributed by atoms with Gasteiger partial charge in [0.25, 0.3) is 5.56 Å². The van der Waals surface area contributed by atoms with E-state index in [1.54, 1.807) is 6.20 Å². The summed E-state index contributed by atoms with van der Waals surface area (Å²) in [6, 6.07) is 3.84. The lowest BCUT2D eigenvalue weighted by atomic mass is 10.2. The summed E-state index contributed by atoms with van der Waals surface area (Å²) >= 11 is 2.04. The number of H-pyrrole nitrogens is 1. The molecular weight excluding hydrogens is 341 g/mol. The first-order valence-electron chi connectivity index (χ1n) is 5.83. The minimum Gasteiger partial charge on any atom is -0.304 e. The molecule has 0 bridgehead atoms. The lowest BCUT2D eigenvalue weighted by Crippen LogP contribution is -2.16. The summed E-state index contributed by atoms with van der Waals surface area (Å²) in [5, 5.41) is 0. The highest BCUT2D eigenvalue weighted by atomic mass is 127. The van der Waals surface area contributed by atoms with Crippen LogP contribution >= 0.6 is 22.6 Å². The number of pyridine rings is 1. The molecule has 0 aliphatic rings. The molecule has 0 saturated heterocycles. The molecule has 2 aromatic heterocycles. The number of halogens is 1. The van der Waals surface area contributed by atoms with Crippen molar-refractivity contribution in [3.8, 4) is 11.5 Å². The molecule has 94 valence electrons. The monoisotopic (exact) mass is 355 g/mol. The van der Waals surface area contributed by atoms with Crippen LogP contribution in [-0.2, 0) is 6.42 Å². The predicted molar refractivity (Wildman–Crippen MR) is 79.5 cm³/mol. The summed E-state index contributed by atoms with van der Waals surface area (Å²) < 4.78 is 0.672. The maximum Gasteiger partial charge on any atom is 0.264 e. The zero-order valence-electron chi connectivity index (χ0n) is 10.3. The number of aromatic nitrogens is 3. The third kappa shape index (κ3) is 2.77. The molecule has 5 heteroatoms. The van der Waals surface area contributed by atoms with Crippen LogP contribution in [0.4, 0.5) is 0 Å². The highest BCUT2D eigenvalue weighted by Gasteiger charge is 2.10. The summed E-state index contributed by atoms with van der Waals surface area (Å²) in [5.74, 6) is 0.549. The van der Waals surface area contributed by atoms with Crippen LogP contribution in [0, 0.1) is 10.5 Å². The molecule has 0 aliphatic carbocycles. The van der Waals surface area contributed by atoms with Gasteiger partial charge in [0.05, 0.1) is 9.26 Å². The topological polar surface area (TPSA) is 58.6 Å². The van der Waals surface area contributed by atoms with Crippen molar-refractivity contribution >= 4 is 22.6 Å². The molecule has 18 heavy (non-hydrogen) atoms. The van der Waals surface area contributed by atoms with Crippen molar-refractivity contribution < 1.29 is 0 Å². The number of nitrogens with zero attached hydrogens (tertiary/aromatic N) is 2. The summed E-state index contributed by atoms with van der Waals surface area (Å²) in [7, 11) is 0. The van der Waals surface area contributed by atoms with Crippen LogP contribution < -0.4 is 5.56 Å². The highest BCUT2D eigenvalue weighted by Crippen LogP contribution is 2.15. The van der Waals surface area contributed by atoms with Gasteiger partial charge in [0.15, 0.2) is 5.82 Å². The Morgan fingerprint density at radius 3 is 2.89 bits per heavy atom. The number of aromatic amines is 1. The molecule has 1 N–H and O–H groups in total. The van der Waals surface area contributed by atoms with Gasteiger partial charge in [-0.15, -0.1) is 0 Å². The fourth-order valence-electron chi connectivity index (χ4n) is 1.69. The van der Waals surface area contributed by atoms with Gasteiger partial charge in [-0.1, -0.05) is 13.3 Å². The second kappa shape index (κ2) is 5.60. The van der Waals surface area contributed by atoms with Gasteiger partial charge in [0.2, 0.25) is 0 Å². The van der Waals surface area contributed by atoms with Crippen molar-refractivity contribution in [2.24, 2.45) is 0 Å². The van der Waals surface area contributed by atoms with Crippen LogP contribution in [0.1, 0.15) is 24.6 Å². The number of hydrogen-bond donors (Lipinski definition) is 1. The highest BCUT2D eigenvalue weighted by molar-refractivity contribution is 14.1. The molecule has 0 aliphatic heterocycles. The second-order valence-corrected chi connectivity index (χ2v) is 5.22. The Morgan fingerprint density at radius 1 is 1.44 bits per heavy atom. The van der Waals surface area contributed by atoms with Gasteiger partial charge in [-0.3, -0.25) is 9.78 Å². The first-order valence-corrected chi connectivity index (χ1v) is 6.91. The average molecular weight is 355 g/mol. The second-order valence-electron chi connectivity index (χ2n) is 4.14. The van der Waals surface area contributed by atoms with Crippen LogP contribution in [0.25, 0.3) is 11.5 Å². The molecule has 0 aromatic carbocycles. The molecule has 2 heterocycles. The van der Waals surface area contributed by atoms with Crippen molar-refractivity contribution in [1.82, 2.24) is 15.0 Å². The summed E-state index contributed by atoms with van der Waals surface area (Å²) in [6.45, 7) is 4.06. The molecule has 2 aromatic rings. The molecule has 4 nitrogen and oxygen atoms in total. The Hall–Kier alpha value is -1.24. The van der Waals surface area contributed by atoms with E-state index in [-0.39, 0.29) is 5.56 Å². The summed E-state index contributed by atoms with van der Waals surface area (Å²) in [5.41, 5.74) is 2.56. The molecule has 0 fully saturated rings. The normalized spacial score (nSPS) is 10.6. The molecule has 0 amide bonds. The van der Waals surface area contributed by atoms with Gasteiger partial charge in [-0.2, -0.15) is 0 Å². The van der Waals surface area contributed by atoms with Crippen LogP contribution in [0.5, 0.6) is 0 Å². The van der Waals surface area contributed by atoms with E-state index >= 15 is 0 Å². The van der Waals surface area contributed by atoms with Gasteiger partial charge in [-0.05, 0) is 53.6 Å². The standard InChI is InChI=1S/C13H14IN3O/c1-3-4-9-11(14)13(18)17-12(16-9)10-7-8(2)5-6-15-10/h5-7H,3-4H2,1-2H3,(H,16,17,18). The van der Waals surface area contributed by atoms with E-state index in [2.05, 4.69) is 21.9 Å². The molecule has 0 unspecified atom stereocenters. The molecule has 0 atom stereocenters.